The van der Waals surface area contributed by atoms with Crippen LogP contribution >= 0.6 is 0 Å². The Hall–Kier alpha value is -0.850. The molecule has 0 heterocycles. The van der Waals surface area contributed by atoms with Crippen molar-refractivity contribution in [3.05, 3.63) is 0 Å². The number of Topliss-reactive ketones (excluding diaryl/α,β-unsaturated/α-hetero) is 1. The topological polar surface area (TPSA) is 57.5 Å². The Kier molecular flexibility index (Phi) is 6.03. The zero-order valence-corrected chi connectivity index (χ0v) is 12.0. The van der Waals surface area contributed by atoms with Gasteiger partial charge in [-0.05, 0) is 45.4 Å². The first-order chi connectivity index (χ1) is 8.92. The highest BCUT2D eigenvalue weighted by molar-refractivity contribution is 5.84. The van der Waals surface area contributed by atoms with Gasteiger partial charge in [0.15, 0.2) is 5.78 Å². The third-order valence-electron chi connectivity index (χ3n) is 4.29. The van der Waals surface area contributed by atoms with Crippen LogP contribution in [0.5, 0.6) is 0 Å². The summed E-state index contributed by atoms with van der Waals surface area (Å²) in [6, 6.07) is 0. The monoisotopic (exact) mass is 266 g/mol. The van der Waals surface area contributed by atoms with E-state index in [1.165, 1.54) is 13.3 Å². The summed E-state index contributed by atoms with van der Waals surface area (Å²) in [7, 11) is 0. The molecule has 0 aromatic heterocycles. The first-order valence-corrected chi connectivity index (χ1v) is 7.35. The SMILES string of the molecule is C#CC1(O)CCCCC1.CC(=O)C1(O)CCCCC1. The van der Waals surface area contributed by atoms with Crippen LogP contribution in [0.2, 0.25) is 0 Å². The van der Waals surface area contributed by atoms with Crippen LogP contribution in [0.1, 0.15) is 71.1 Å². The summed E-state index contributed by atoms with van der Waals surface area (Å²) in [6.45, 7) is 1.48. The Morgan fingerprint density at radius 1 is 0.947 bits per heavy atom. The van der Waals surface area contributed by atoms with Gasteiger partial charge in [-0.25, -0.2) is 0 Å². The first kappa shape index (κ1) is 16.2. The summed E-state index contributed by atoms with van der Waals surface area (Å²) in [5.41, 5.74) is -1.71. The Bertz CT molecular complexity index is 328. The molecule has 19 heavy (non-hydrogen) atoms. The fraction of sp³-hybridized carbons (Fsp3) is 0.812. The second kappa shape index (κ2) is 7.07. The Balaban J connectivity index is 0.000000191. The lowest BCUT2D eigenvalue weighted by Gasteiger charge is -2.28. The summed E-state index contributed by atoms with van der Waals surface area (Å²) < 4.78 is 0. The van der Waals surface area contributed by atoms with Gasteiger partial charge >= 0.3 is 0 Å². The van der Waals surface area contributed by atoms with Crippen molar-refractivity contribution in [3.63, 3.8) is 0 Å². The molecule has 2 N–H and O–H groups in total. The quantitative estimate of drug-likeness (QED) is 0.717. The molecule has 3 nitrogen and oxygen atoms in total. The Morgan fingerprint density at radius 3 is 1.63 bits per heavy atom. The van der Waals surface area contributed by atoms with E-state index in [-0.39, 0.29) is 5.78 Å². The summed E-state index contributed by atoms with van der Waals surface area (Å²) in [5, 5.41) is 19.0. The maximum Gasteiger partial charge on any atom is 0.161 e. The molecule has 0 amide bonds. The van der Waals surface area contributed by atoms with Gasteiger partial charge in [0.1, 0.15) is 11.2 Å². The van der Waals surface area contributed by atoms with Gasteiger partial charge in [0.2, 0.25) is 0 Å². The van der Waals surface area contributed by atoms with Crippen LogP contribution < -0.4 is 0 Å². The molecule has 0 atom stereocenters. The fourth-order valence-corrected chi connectivity index (χ4v) is 2.77. The number of hydrogen-bond donors (Lipinski definition) is 2. The average Bonchev–Trinajstić information content (AvgIpc) is 2.41. The highest BCUT2D eigenvalue weighted by Crippen LogP contribution is 2.28. The number of carbonyl (C=O) groups is 1. The molecule has 0 saturated heterocycles. The summed E-state index contributed by atoms with van der Waals surface area (Å²) >= 11 is 0. The highest BCUT2D eigenvalue weighted by Gasteiger charge is 2.33. The second-order valence-corrected chi connectivity index (χ2v) is 5.89. The van der Waals surface area contributed by atoms with E-state index in [1.807, 2.05) is 0 Å². The maximum atomic E-state index is 10.9. The van der Waals surface area contributed by atoms with E-state index in [4.69, 9.17) is 6.42 Å². The third-order valence-corrected chi connectivity index (χ3v) is 4.29. The van der Waals surface area contributed by atoms with E-state index in [2.05, 4.69) is 5.92 Å². The summed E-state index contributed by atoms with van der Waals surface area (Å²) in [5.74, 6) is 2.37. The lowest BCUT2D eigenvalue weighted by molar-refractivity contribution is -0.138. The number of hydrogen-bond acceptors (Lipinski definition) is 3. The smallest absolute Gasteiger partial charge is 0.161 e. The molecule has 3 heteroatoms. The lowest BCUT2D eigenvalue weighted by Crippen LogP contribution is -2.38. The van der Waals surface area contributed by atoms with Crippen LogP contribution in [0, 0.1) is 12.3 Å². The Labute approximate surface area is 116 Å². The van der Waals surface area contributed by atoms with Crippen LogP contribution in [0.3, 0.4) is 0 Å². The van der Waals surface area contributed by atoms with Crippen LogP contribution in [0.25, 0.3) is 0 Å². The molecule has 2 aliphatic rings. The lowest BCUT2D eigenvalue weighted by atomic mass is 9.82. The summed E-state index contributed by atoms with van der Waals surface area (Å²) in [6.07, 6.45) is 14.6. The molecule has 0 spiro atoms. The van der Waals surface area contributed by atoms with Crippen LogP contribution in [0.15, 0.2) is 0 Å². The molecule has 0 bridgehead atoms. The fourth-order valence-electron chi connectivity index (χ4n) is 2.77. The predicted octanol–water partition coefficient (Wildman–Crippen LogP) is 2.59. The van der Waals surface area contributed by atoms with Crippen molar-refractivity contribution in [2.75, 3.05) is 0 Å². The molecule has 0 unspecified atom stereocenters. The van der Waals surface area contributed by atoms with Gasteiger partial charge in [0.05, 0.1) is 0 Å². The van der Waals surface area contributed by atoms with Crippen LogP contribution in [0.4, 0.5) is 0 Å². The van der Waals surface area contributed by atoms with Gasteiger partial charge in [-0.15, -0.1) is 6.42 Å². The zero-order chi connectivity index (χ0) is 14.4. The molecule has 2 aliphatic carbocycles. The van der Waals surface area contributed by atoms with Crippen molar-refractivity contribution in [1.29, 1.82) is 0 Å². The minimum absolute atomic E-state index is 0.0628. The largest absolute Gasteiger partial charge is 0.382 e. The third kappa shape index (κ3) is 4.97. The molecule has 0 aliphatic heterocycles. The molecule has 0 radical (unpaired) electrons. The second-order valence-electron chi connectivity index (χ2n) is 5.89. The van der Waals surface area contributed by atoms with Gasteiger partial charge in [-0.1, -0.05) is 31.6 Å². The van der Waals surface area contributed by atoms with Gasteiger partial charge in [0.25, 0.3) is 0 Å². The first-order valence-electron chi connectivity index (χ1n) is 7.35. The van der Waals surface area contributed by atoms with Gasteiger partial charge in [-0.3, -0.25) is 4.79 Å². The van der Waals surface area contributed by atoms with Crippen molar-refractivity contribution in [3.8, 4) is 12.3 Å². The highest BCUT2D eigenvalue weighted by atomic mass is 16.3. The molecule has 2 rings (SSSR count). The molecule has 2 fully saturated rings. The normalized spacial score (nSPS) is 24.5. The number of rotatable bonds is 1. The number of terminal acetylenes is 1. The van der Waals surface area contributed by atoms with E-state index in [0.717, 1.165) is 44.9 Å². The summed E-state index contributed by atoms with van der Waals surface area (Å²) in [4.78, 5) is 10.9. The Morgan fingerprint density at radius 2 is 1.37 bits per heavy atom. The molecule has 2 saturated carbocycles. The van der Waals surface area contributed by atoms with E-state index in [9.17, 15) is 15.0 Å². The minimum atomic E-state index is -0.960. The van der Waals surface area contributed by atoms with Gasteiger partial charge in [0, 0.05) is 0 Å². The molecular weight excluding hydrogens is 240 g/mol. The van der Waals surface area contributed by atoms with E-state index in [0.29, 0.717) is 12.8 Å². The minimum Gasteiger partial charge on any atom is -0.382 e. The van der Waals surface area contributed by atoms with Crippen molar-refractivity contribution in [1.82, 2.24) is 0 Å². The number of aliphatic hydroxyl groups is 2. The van der Waals surface area contributed by atoms with Crippen molar-refractivity contribution in [2.24, 2.45) is 0 Å². The maximum absolute atomic E-state index is 10.9. The van der Waals surface area contributed by atoms with Crippen LogP contribution in [-0.4, -0.2) is 27.2 Å². The van der Waals surface area contributed by atoms with E-state index >= 15 is 0 Å². The molecule has 108 valence electrons. The van der Waals surface area contributed by atoms with Crippen molar-refractivity contribution >= 4 is 5.78 Å². The van der Waals surface area contributed by atoms with E-state index < -0.39 is 11.2 Å². The average molecular weight is 266 g/mol. The molecule has 0 aromatic carbocycles. The zero-order valence-electron chi connectivity index (χ0n) is 12.0. The molecule has 0 aromatic rings. The number of carbonyl (C=O) groups excluding carboxylic acids is 1. The number of ketones is 1. The van der Waals surface area contributed by atoms with Crippen LogP contribution in [-0.2, 0) is 4.79 Å². The van der Waals surface area contributed by atoms with Crippen molar-refractivity contribution in [2.45, 2.75) is 82.3 Å². The predicted molar refractivity (Wildman–Crippen MR) is 75.6 cm³/mol. The van der Waals surface area contributed by atoms with Gasteiger partial charge < -0.3 is 10.2 Å². The van der Waals surface area contributed by atoms with Gasteiger partial charge in [-0.2, -0.15) is 0 Å². The van der Waals surface area contributed by atoms with Crippen molar-refractivity contribution < 1.29 is 15.0 Å². The standard InChI is InChI=1S/C8H14O2.C8H12O/c1-7(9)8(10)5-3-2-4-6-8;1-2-8(9)6-4-3-5-7-8/h10H,2-6H2,1H3;1,9H,3-7H2. The van der Waals surface area contributed by atoms with E-state index in [1.54, 1.807) is 0 Å². The molecular formula is C16H26O3.